The third-order valence-electron chi connectivity index (χ3n) is 5.19. The first-order valence-corrected chi connectivity index (χ1v) is 9.65. The second kappa shape index (κ2) is 8.86. The maximum absolute atomic E-state index is 14.2. The summed E-state index contributed by atoms with van der Waals surface area (Å²) in [6, 6.07) is 3.21. The van der Waals surface area contributed by atoms with E-state index in [0.29, 0.717) is 18.8 Å². The zero-order chi connectivity index (χ0) is 21.1. The molecule has 0 saturated carbocycles. The summed E-state index contributed by atoms with van der Waals surface area (Å²) in [6.07, 6.45) is 1.14. The molecule has 11 heteroatoms. The minimum atomic E-state index is -0.837. The summed E-state index contributed by atoms with van der Waals surface area (Å²) in [5.41, 5.74) is 1.15. The van der Waals surface area contributed by atoms with Crippen LogP contribution < -0.4 is 4.74 Å². The van der Waals surface area contributed by atoms with Crippen molar-refractivity contribution in [3.8, 4) is 5.75 Å². The largest absolute Gasteiger partial charge is 0.434 e. The molecule has 3 aliphatic heterocycles. The van der Waals surface area contributed by atoms with E-state index in [9.17, 15) is 14.5 Å². The fourth-order valence-electron chi connectivity index (χ4n) is 3.52. The summed E-state index contributed by atoms with van der Waals surface area (Å²) in [5, 5.41) is 16.7. The molecule has 3 aliphatic rings. The maximum Gasteiger partial charge on any atom is 0.272 e. The molecule has 1 aromatic rings. The van der Waals surface area contributed by atoms with Crippen molar-refractivity contribution in [1.29, 1.82) is 0 Å². The van der Waals surface area contributed by atoms with Gasteiger partial charge in [0.15, 0.2) is 11.6 Å². The third kappa shape index (κ3) is 4.32. The predicted molar refractivity (Wildman–Crippen MR) is 106 cm³/mol. The number of hydrazone groups is 1. The van der Waals surface area contributed by atoms with Crippen LogP contribution in [0, 0.1) is 15.9 Å². The number of nitro groups is 1. The van der Waals surface area contributed by atoms with Crippen molar-refractivity contribution in [2.24, 2.45) is 10.1 Å². The van der Waals surface area contributed by atoms with E-state index in [1.807, 2.05) is 6.92 Å². The summed E-state index contributed by atoms with van der Waals surface area (Å²) in [6.45, 7) is 7.07. The number of nitro benzene ring substituents is 1. The summed E-state index contributed by atoms with van der Waals surface area (Å²) >= 11 is 0. The standard InChI is InChI=1S/C19H22FN5O5/c1-13-17(29-9-6-23-4-7-28-8-5-23)11-24-18(13)19(21-12-22-24)30-16-3-2-14(25(26)27)10-15(16)20/h2-3,10,12,17H,4-9,11H2,1H3. The number of benzene rings is 1. The van der Waals surface area contributed by atoms with Gasteiger partial charge in [-0.05, 0) is 18.6 Å². The van der Waals surface area contributed by atoms with Crippen molar-refractivity contribution in [3.63, 3.8) is 0 Å². The zero-order valence-electron chi connectivity index (χ0n) is 16.5. The molecule has 0 radical (unpaired) electrons. The Morgan fingerprint density at radius 3 is 2.90 bits per heavy atom. The first-order chi connectivity index (χ1) is 14.5. The van der Waals surface area contributed by atoms with E-state index in [1.54, 1.807) is 5.01 Å². The molecule has 0 N–H and O–H groups in total. The fraction of sp³-hybridized carbons (Fsp3) is 0.474. The number of hydrogen-bond donors (Lipinski definition) is 0. The van der Waals surface area contributed by atoms with Crippen molar-refractivity contribution in [2.45, 2.75) is 13.0 Å². The third-order valence-corrected chi connectivity index (χ3v) is 5.19. The Kier molecular flexibility index (Phi) is 6.02. The SMILES string of the molecule is CC1=C2C(Oc3ccc([N+](=O)[O-])cc3F)=NC=NN2CC1OCCN1CCOCC1. The minimum absolute atomic E-state index is 0.147. The highest BCUT2D eigenvalue weighted by atomic mass is 19.1. The van der Waals surface area contributed by atoms with Crippen LogP contribution in [0.3, 0.4) is 0 Å². The van der Waals surface area contributed by atoms with Crippen molar-refractivity contribution in [2.75, 3.05) is 46.0 Å². The molecular weight excluding hydrogens is 397 g/mol. The number of rotatable bonds is 6. The van der Waals surface area contributed by atoms with E-state index < -0.39 is 10.7 Å². The van der Waals surface area contributed by atoms with Crippen LogP contribution >= 0.6 is 0 Å². The number of ether oxygens (including phenoxy) is 3. The van der Waals surface area contributed by atoms with Gasteiger partial charge >= 0.3 is 0 Å². The number of non-ortho nitro benzene ring substituents is 1. The van der Waals surface area contributed by atoms with Crippen molar-refractivity contribution in [3.05, 3.63) is 45.4 Å². The molecular formula is C19H22FN5O5. The molecule has 4 rings (SSSR count). The summed E-state index contributed by atoms with van der Waals surface area (Å²) in [5.74, 6) is -0.809. The van der Waals surface area contributed by atoms with E-state index >= 15 is 0 Å². The number of hydrogen-bond acceptors (Lipinski definition) is 9. The lowest BCUT2D eigenvalue weighted by Crippen LogP contribution is -2.39. The first-order valence-electron chi connectivity index (χ1n) is 9.65. The molecule has 0 aliphatic carbocycles. The smallest absolute Gasteiger partial charge is 0.272 e. The molecule has 1 unspecified atom stereocenters. The Morgan fingerprint density at radius 2 is 2.17 bits per heavy atom. The predicted octanol–water partition coefficient (Wildman–Crippen LogP) is 1.78. The van der Waals surface area contributed by atoms with Gasteiger partial charge in [0.05, 0.1) is 37.4 Å². The van der Waals surface area contributed by atoms with Gasteiger partial charge in [-0.3, -0.25) is 20.0 Å². The Bertz CT molecular complexity index is 913. The van der Waals surface area contributed by atoms with Crippen LogP contribution in [0.4, 0.5) is 10.1 Å². The second-order valence-electron chi connectivity index (χ2n) is 7.07. The molecule has 1 fully saturated rings. The first kappa shape index (κ1) is 20.4. The van der Waals surface area contributed by atoms with Crippen LogP contribution in [0.1, 0.15) is 6.92 Å². The average molecular weight is 419 g/mol. The van der Waals surface area contributed by atoms with Crippen LogP contribution in [-0.4, -0.2) is 79.2 Å². The summed E-state index contributed by atoms with van der Waals surface area (Å²) < 4.78 is 31.3. The van der Waals surface area contributed by atoms with Gasteiger partial charge in [-0.1, -0.05) is 0 Å². The van der Waals surface area contributed by atoms with Gasteiger partial charge in [-0.15, -0.1) is 0 Å². The molecule has 10 nitrogen and oxygen atoms in total. The van der Waals surface area contributed by atoms with Crippen molar-refractivity contribution in [1.82, 2.24) is 9.91 Å². The van der Waals surface area contributed by atoms with Gasteiger partial charge in [0, 0.05) is 25.7 Å². The van der Waals surface area contributed by atoms with E-state index in [-0.39, 0.29) is 23.4 Å². The lowest BCUT2D eigenvalue weighted by Gasteiger charge is -2.27. The molecule has 0 aromatic heterocycles. The molecule has 0 amide bonds. The quantitative estimate of drug-likeness (QED) is 0.512. The number of halogens is 1. The molecule has 160 valence electrons. The Balaban J connectivity index is 1.43. The van der Waals surface area contributed by atoms with Crippen LogP contribution in [-0.2, 0) is 9.47 Å². The van der Waals surface area contributed by atoms with Crippen molar-refractivity contribution < 1.29 is 23.5 Å². The highest BCUT2D eigenvalue weighted by Crippen LogP contribution is 2.30. The van der Waals surface area contributed by atoms with Gasteiger partial charge in [0.1, 0.15) is 18.1 Å². The molecule has 1 atom stereocenters. The van der Waals surface area contributed by atoms with E-state index in [1.165, 1.54) is 18.5 Å². The number of nitrogens with zero attached hydrogens (tertiary/aromatic N) is 5. The van der Waals surface area contributed by atoms with Crippen molar-refractivity contribution >= 4 is 17.9 Å². The zero-order valence-corrected chi connectivity index (χ0v) is 16.5. The van der Waals surface area contributed by atoms with Crippen LogP contribution in [0.5, 0.6) is 5.75 Å². The van der Waals surface area contributed by atoms with Gasteiger partial charge in [0.25, 0.3) is 5.69 Å². The molecule has 30 heavy (non-hydrogen) atoms. The molecule has 0 bridgehead atoms. The highest BCUT2D eigenvalue weighted by molar-refractivity contribution is 6.01. The molecule has 1 aromatic carbocycles. The van der Waals surface area contributed by atoms with E-state index in [0.717, 1.165) is 44.5 Å². The normalized spacial score (nSPS) is 21.6. The fourth-order valence-corrected chi connectivity index (χ4v) is 3.52. The monoisotopic (exact) mass is 419 g/mol. The average Bonchev–Trinajstić information content (AvgIpc) is 3.07. The Morgan fingerprint density at radius 1 is 1.37 bits per heavy atom. The maximum atomic E-state index is 14.2. The minimum Gasteiger partial charge on any atom is -0.434 e. The molecule has 3 heterocycles. The lowest BCUT2D eigenvalue weighted by atomic mass is 10.2. The summed E-state index contributed by atoms with van der Waals surface area (Å²) in [7, 11) is 0. The Labute approximate surface area is 172 Å². The topological polar surface area (TPSA) is 102 Å². The lowest BCUT2D eigenvalue weighted by molar-refractivity contribution is -0.385. The van der Waals surface area contributed by atoms with Gasteiger partial charge in [0.2, 0.25) is 5.90 Å². The van der Waals surface area contributed by atoms with Gasteiger partial charge < -0.3 is 14.2 Å². The number of morpholine rings is 1. The molecule has 0 spiro atoms. The van der Waals surface area contributed by atoms with E-state index in [4.69, 9.17) is 14.2 Å². The molecule has 1 saturated heterocycles. The van der Waals surface area contributed by atoms with Crippen LogP contribution in [0.25, 0.3) is 0 Å². The van der Waals surface area contributed by atoms with Gasteiger partial charge in [-0.25, -0.2) is 4.39 Å². The number of fused-ring (bicyclic) bond motifs is 1. The second-order valence-corrected chi connectivity index (χ2v) is 7.07. The summed E-state index contributed by atoms with van der Waals surface area (Å²) in [4.78, 5) is 16.5. The van der Waals surface area contributed by atoms with Crippen LogP contribution in [0.2, 0.25) is 0 Å². The number of aliphatic imine (C=N–C) groups is 1. The Hall–Kier alpha value is -2.89. The van der Waals surface area contributed by atoms with Gasteiger partial charge in [-0.2, -0.15) is 10.1 Å². The van der Waals surface area contributed by atoms with Crippen LogP contribution in [0.15, 0.2) is 39.6 Å². The van der Waals surface area contributed by atoms with E-state index in [2.05, 4.69) is 15.0 Å². The highest BCUT2D eigenvalue weighted by Gasteiger charge is 2.35.